The highest BCUT2D eigenvalue weighted by Crippen LogP contribution is 2.36. The Kier molecular flexibility index (Phi) is 6.40. The molecule has 1 aliphatic carbocycles. The smallest absolute Gasteiger partial charge is 0.254 e. The molecule has 0 spiro atoms. The number of aryl methyl sites for hydroxylation is 1. The number of hydrogen-bond donors (Lipinski definition) is 2. The van der Waals surface area contributed by atoms with Gasteiger partial charge in [-0.2, -0.15) is 9.79 Å². The third-order valence-corrected chi connectivity index (χ3v) is 5.39. The van der Waals surface area contributed by atoms with Crippen LogP contribution in [0.1, 0.15) is 23.2 Å². The molecule has 0 aliphatic heterocycles. The van der Waals surface area contributed by atoms with Gasteiger partial charge < -0.3 is 19.9 Å². The van der Waals surface area contributed by atoms with E-state index in [1.807, 2.05) is 6.07 Å². The van der Waals surface area contributed by atoms with Gasteiger partial charge in [-0.05, 0) is 30.2 Å². The van der Waals surface area contributed by atoms with Crippen LogP contribution in [0.3, 0.4) is 0 Å². The molecule has 0 radical (unpaired) electrons. The number of halogens is 1. The number of benzene rings is 1. The average molecular weight is 471 g/mol. The molecule has 172 valence electrons. The molecule has 2 N–H and O–H groups in total. The summed E-state index contributed by atoms with van der Waals surface area (Å²) in [4.78, 5) is 30.5. The highest BCUT2D eigenvalue weighted by Gasteiger charge is 2.29. The van der Waals surface area contributed by atoms with E-state index in [1.165, 1.54) is 19.0 Å². The molecule has 0 saturated heterocycles. The molecular formula is C21H23ClN8O3. The number of nitrogens with zero attached hydrogens (tertiary/aromatic N) is 6. The zero-order chi connectivity index (χ0) is 23.5. The summed E-state index contributed by atoms with van der Waals surface area (Å²) in [6, 6.07) is 7.06. The predicted octanol–water partition coefficient (Wildman–Crippen LogP) is 1.82. The fourth-order valence-electron chi connectivity index (χ4n) is 3.30. The zero-order valence-electron chi connectivity index (χ0n) is 18.4. The number of pyridine rings is 1. The molecule has 1 aliphatic rings. The molecule has 2 aromatic heterocycles. The minimum Gasteiger partial charge on any atom is -0.494 e. The van der Waals surface area contributed by atoms with Crippen molar-refractivity contribution in [3.8, 4) is 17.1 Å². The first-order valence-electron chi connectivity index (χ1n) is 10.2. The van der Waals surface area contributed by atoms with Gasteiger partial charge in [0.2, 0.25) is 5.82 Å². The van der Waals surface area contributed by atoms with Crippen LogP contribution in [0.25, 0.3) is 11.4 Å². The molecule has 3 aromatic rings. The minimum absolute atomic E-state index is 0.0260. The summed E-state index contributed by atoms with van der Waals surface area (Å²) in [5.41, 5.74) is 2.29. The summed E-state index contributed by atoms with van der Waals surface area (Å²) in [7, 11) is 4.74. The standard InChI is InChI=1S/C21H23ClN8O3/c1-23-21(32)14-10-30(11-22)17(25-20(31)12-7-8-12)9-16(14)24-15-6-4-5-13(18(15)33-3)19-26-28-29(2)27-19/h4-6,9-10,12,24H,7-8,11H2,1-3H3,(H,23,32)/b25-17+. The molecule has 12 heteroatoms. The lowest BCUT2D eigenvalue weighted by molar-refractivity contribution is -0.119. The lowest BCUT2D eigenvalue weighted by atomic mass is 10.1. The summed E-state index contributed by atoms with van der Waals surface area (Å²) >= 11 is 6.08. The summed E-state index contributed by atoms with van der Waals surface area (Å²) in [5, 5.41) is 18.0. The quantitative estimate of drug-likeness (QED) is 0.504. The number of ether oxygens (including phenoxy) is 1. The molecule has 2 amide bonds. The zero-order valence-corrected chi connectivity index (χ0v) is 19.1. The van der Waals surface area contributed by atoms with Gasteiger partial charge in [-0.25, -0.2) is 0 Å². The Morgan fingerprint density at radius 3 is 2.70 bits per heavy atom. The molecule has 33 heavy (non-hydrogen) atoms. The Morgan fingerprint density at radius 1 is 1.30 bits per heavy atom. The number of rotatable bonds is 7. The van der Waals surface area contributed by atoms with E-state index in [-0.39, 0.29) is 23.7 Å². The van der Waals surface area contributed by atoms with Gasteiger partial charge in [-0.3, -0.25) is 9.59 Å². The normalized spacial score (nSPS) is 13.6. The molecule has 11 nitrogen and oxygen atoms in total. The highest BCUT2D eigenvalue weighted by atomic mass is 35.5. The van der Waals surface area contributed by atoms with Gasteiger partial charge in [0.05, 0.1) is 42.7 Å². The van der Waals surface area contributed by atoms with Crippen molar-refractivity contribution in [1.82, 2.24) is 30.1 Å². The maximum atomic E-state index is 12.6. The number of carbonyl (C=O) groups is 2. The molecule has 0 unspecified atom stereocenters. The molecule has 1 fully saturated rings. The van der Waals surface area contributed by atoms with Crippen molar-refractivity contribution in [3.63, 3.8) is 0 Å². The lowest BCUT2D eigenvalue weighted by Gasteiger charge is -2.17. The van der Waals surface area contributed by atoms with E-state index in [4.69, 9.17) is 16.3 Å². The Balaban J connectivity index is 1.83. The number of alkyl halides is 1. The van der Waals surface area contributed by atoms with Crippen LogP contribution in [-0.4, -0.2) is 50.7 Å². The number of tetrazole rings is 1. The first-order chi connectivity index (χ1) is 15.9. The number of anilines is 2. The van der Waals surface area contributed by atoms with Crippen molar-refractivity contribution in [3.05, 3.63) is 41.5 Å². The average Bonchev–Trinajstić information content (AvgIpc) is 3.59. The number of methoxy groups -OCH3 is 1. The largest absolute Gasteiger partial charge is 0.494 e. The Hall–Kier alpha value is -3.73. The number of hydrogen-bond acceptors (Lipinski definition) is 7. The first-order valence-corrected chi connectivity index (χ1v) is 10.8. The second-order valence-corrected chi connectivity index (χ2v) is 7.70. The second kappa shape index (κ2) is 9.41. The number of para-hydroxylation sites is 1. The van der Waals surface area contributed by atoms with Crippen LogP contribution in [-0.2, 0) is 17.8 Å². The molecule has 0 atom stereocenters. The van der Waals surface area contributed by atoms with Crippen molar-refractivity contribution in [2.75, 3.05) is 19.5 Å². The molecule has 2 heterocycles. The van der Waals surface area contributed by atoms with Gasteiger partial charge in [-0.1, -0.05) is 6.07 Å². The first kappa shape index (κ1) is 22.5. The van der Waals surface area contributed by atoms with Crippen LogP contribution in [0.5, 0.6) is 5.75 Å². The van der Waals surface area contributed by atoms with Crippen molar-refractivity contribution >= 4 is 34.8 Å². The summed E-state index contributed by atoms with van der Waals surface area (Å²) in [6.45, 7) is 0. The maximum absolute atomic E-state index is 12.6. The van der Waals surface area contributed by atoms with E-state index >= 15 is 0 Å². The van der Waals surface area contributed by atoms with Crippen LogP contribution in [0.2, 0.25) is 0 Å². The van der Waals surface area contributed by atoms with Gasteiger partial charge in [-0.15, -0.1) is 21.8 Å². The van der Waals surface area contributed by atoms with Gasteiger partial charge in [0.25, 0.3) is 11.8 Å². The summed E-state index contributed by atoms with van der Waals surface area (Å²) in [5.74, 6) is 0.293. The number of nitrogens with one attached hydrogen (secondary N) is 2. The van der Waals surface area contributed by atoms with Crippen LogP contribution in [0.15, 0.2) is 35.5 Å². The third kappa shape index (κ3) is 4.72. The van der Waals surface area contributed by atoms with Crippen molar-refractivity contribution < 1.29 is 14.3 Å². The highest BCUT2D eigenvalue weighted by molar-refractivity contribution is 6.15. The van der Waals surface area contributed by atoms with E-state index in [1.54, 1.807) is 36.0 Å². The Labute approximate surface area is 194 Å². The third-order valence-electron chi connectivity index (χ3n) is 5.13. The van der Waals surface area contributed by atoms with Gasteiger partial charge in [0.1, 0.15) is 5.49 Å². The van der Waals surface area contributed by atoms with Crippen molar-refractivity contribution in [1.29, 1.82) is 0 Å². The van der Waals surface area contributed by atoms with Crippen LogP contribution in [0, 0.1) is 5.92 Å². The van der Waals surface area contributed by atoms with Gasteiger partial charge in [0.15, 0.2) is 5.75 Å². The van der Waals surface area contributed by atoms with Crippen molar-refractivity contribution in [2.24, 2.45) is 18.0 Å². The Morgan fingerprint density at radius 2 is 2.09 bits per heavy atom. The SMILES string of the molecule is CNC(=O)c1cn(CCl)/c(=N/C(=O)C2CC2)cc1Nc1cccc(-c2nnn(C)n2)c1OC. The van der Waals surface area contributed by atoms with E-state index in [0.29, 0.717) is 39.6 Å². The topological polar surface area (TPSA) is 128 Å². The fraction of sp³-hybridized carbons (Fsp3) is 0.333. The number of aromatic nitrogens is 5. The van der Waals surface area contributed by atoms with Crippen LogP contribution in [0.4, 0.5) is 11.4 Å². The van der Waals surface area contributed by atoms with E-state index in [2.05, 4.69) is 31.0 Å². The molecule has 1 aromatic carbocycles. The number of amides is 2. The second-order valence-electron chi connectivity index (χ2n) is 7.47. The molecule has 1 saturated carbocycles. The van der Waals surface area contributed by atoms with Gasteiger partial charge >= 0.3 is 0 Å². The van der Waals surface area contributed by atoms with E-state index in [9.17, 15) is 9.59 Å². The van der Waals surface area contributed by atoms with E-state index in [0.717, 1.165) is 12.8 Å². The van der Waals surface area contributed by atoms with Crippen molar-refractivity contribution in [2.45, 2.75) is 18.8 Å². The van der Waals surface area contributed by atoms with Crippen LogP contribution < -0.4 is 20.9 Å². The molecular weight excluding hydrogens is 448 g/mol. The Bertz CT molecular complexity index is 1280. The molecule has 0 bridgehead atoms. The van der Waals surface area contributed by atoms with Crippen LogP contribution >= 0.6 is 11.6 Å². The summed E-state index contributed by atoms with van der Waals surface area (Å²) < 4.78 is 7.18. The minimum atomic E-state index is -0.331. The lowest BCUT2D eigenvalue weighted by Crippen LogP contribution is -2.27. The number of carbonyl (C=O) groups excluding carboxylic acids is 2. The summed E-state index contributed by atoms with van der Waals surface area (Å²) in [6.07, 6.45) is 3.24. The van der Waals surface area contributed by atoms with Gasteiger partial charge in [0, 0.05) is 25.2 Å². The molecule has 4 rings (SSSR count). The van der Waals surface area contributed by atoms with E-state index < -0.39 is 0 Å². The predicted molar refractivity (Wildman–Crippen MR) is 121 cm³/mol. The monoisotopic (exact) mass is 470 g/mol. The maximum Gasteiger partial charge on any atom is 0.254 e. The fourth-order valence-corrected chi connectivity index (χ4v) is 3.49.